The first-order chi connectivity index (χ1) is 10.5. The number of carbonyl (C=O) groups is 1. The minimum absolute atomic E-state index is 0.147. The molecular formula is C17H25NO4. The lowest BCUT2D eigenvalue weighted by Crippen LogP contribution is -2.34. The van der Waals surface area contributed by atoms with Gasteiger partial charge in [-0.25, -0.2) is 0 Å². The molecule has 1 saturated carbocycles. The van der Waals surface area contributed by atoms with Crippen LogP contribution in [0.15, 0.2) is 12.1 Å². The van der Waals surface area contributed by atoms with Crippen LogP contribution in [0.5, 0.6) is 17.2 Å². The Balaban J connectivity index is 2.18. The van der Waals surface area contributed by atoms with E-state index in [4.69, 9.17) is 14.2 Å². The third kappa shape index (κ3) is 3.29. The van der Waals surface area contributed by atoms with Gasteiger partial charge < -0.3 is 19.5 Å². The molecule has 1 fully saturated rings. The standard InChI is InChI=1S/C17H25NO4/c1-17(9-5-6-10-17)11-18-16(19)12-7-8-13(20-2)15(22-4)14(12)21-3/h7-8H,5-6,9-11H2,1-4H3,(H,18,19). The first kappa shape index (κ1) is 16.5. The van der Waals surface area contributed by atoms with Crippen LogP contribution in [0.3, 0.4) is 0 Å². The van der Waals surface area contributed by atoms with E-state index in [2.05, 4.69) is 12.2 Å². The molecule has 1 N–H and O–H groups in total. The summed E-state index contributed by atoms with van der Waals surface area (Å²) in [5.74, 6) is 1.23. The molecule has 0 aliphatic heterocycles. The fraction of sp³-hybridized carbons (Fsp3) is 0.588. The van der Waals surface area contributed by atoms with E-state index in [9.17, 15) is 4.79 Å². The molecule has 22 heavy (non-hydrogen) atoms. The minimum atomic E-state index is -0.147. The van der Waals surface area contributed by atoms with Gasteiger partial charge in [0.05, 0.1) is 26.9 Å². The van der Waals surface area contributed by atoms with Crippen molar-refractivity contribution in [3.8, 4) is 17.2 Å². The van der Waals surface area contributed by atoms with Crippen molar-refractivity contribution >= 4 is 5.91 Å². The summed E-state index contributed by atoms with van der Waals surface area (Å²) in [5, 5.41) is 3.03. The Morgan fingerprint density at radius 1 is 1.09 bits per heavy atom. The van der Waals surface area contributed by atoms with E-state index in [-0.39, 0.29) is 11.3 Å². The van der Waals surface area contributed by atoms with Gasteiger partial charge in [-0.05, 0) is 30.4 Å². The van der Waals surface area contributed by atoms with E-state index in [1.165, 1.54) is 27.1 Å². The quantitative estimate of drug-likeness (QED) is 0.877. The molecule has 0 radical (unpaired) electrons. The van der Waals surface area contributed by atoms with Gasteiger partial charge >= 0.3 is 0 Å². The highest BCUT2D eigenvalue weighted by Crippen LogP contribution is 2.40. The van der Waals surface area contributed by atoms with E-state index in [1.807, 2.05) is 0 Å². The van der Waals surface area contributed by atoms with Crippen molar-refractivity contribution in [3.05, 3.63) is 17.7 Å². The lowest BCUT2D eigenvalue weighted by Gasteiger charge is -2.24. The molecule has 1 aliphatic rings. The number of hydrogen-bond acceptors (Lipinski definition) is 4. The normalized spacial score (nSPS) is 16.2. The van der Waals surface area contributed by atoms with Gasteiger partial charge in [0.15, 0.2) is 11.5 Å². The number of methoxy groups -OCH3 is 3. The van der Waals surface area contributed by atoms with E-state index >= 15 is 0 Å². The number of hydrogen-bond donors (Lipinski definition) is 1. The Morgan fingerprint density at radius 2 is 1.73 bits per heavy atom. The Hall–Kier alpha value is -1.91. The van der Waals surface area contributed by atoms with Gasteiger partial charge in [0.2, 0.25) is 5.75 Å². The number of ether oxygens (including phenoxy) is 3. The molecule has 0 heterocycles. The third-order valence-corrected chi connectivity index (χ3v) is 4.44. The number of rotatable bonds is 6. The largest absolute Gasteiger partial charge is 0.493 e. The zero-order valence-corrected chi connectivity index (χ0v) is 13.8. The Labute approximate surface area is 131 Å². The fourth-order valence-corrected chi connectivity index (χ4v) is 3.07. The summed E-state index contributed by atoms with van der Waals surface area (Å²) >= 11 is 0. The van der Waals surface area contributed by atoms with Gasteiger partial charge in [0.25, 0.3) is 5.91 Å². The maximum absolute atomic E-state index is 12.5. The van der Waals surface area contributed by atoms with Crippen molar-refractivity contribution in [2.75, 3.05) is 27.9 Å². The van der Waals surface area contributed by atoms with Crippen molar-refractivity contribution in [1.29, 1.82) is 0 Å². The van der Waals surface area contributed by atoms with Crippen molar-refractivity contribution in [1.82, 2.24) is 5.32 Å². The Bertz CT molecular complexity index is 536. The van der Waals surface area contributed by atoms with E-state index in [1.54, 1.807) is 19.2 Å². The minimum Gasteiger partial charge on any atom is -0.493 e. The topological polar surface area (TPSA) is 56.8 Å². The zero-order chi connectivity index (χ0) is 16.2. The molecule has 0 bridgehead atoms. The van der Waals surface area contributed by atoms with Crippen LogP contribution in [-0.2, 0) is 0 Å². The molecular weight excluding hydrogens is 282 g/mol. The summed E-state index contributed by atoms with van der Waals surface area (Å²) < 4.78 is 15.9. The zero-order valence-electron chi connectivity index (χ0n) is 13.8. The average Bonchev–Trinajstić information content (AvgIpc) is 2.98. The summed E-state index contributed by atoms with van der Waals surface area (Å²) in [6, 6.07) is 3.42. The van der Waals surface area contributed by atoms with Gasteiger partial charge in [0.1, 0.15) is 0 Å². The molecule has 0 spiro atoms. The fourth-order valence-electron chi connectivity index (χ4n) is 3.07. The second-order valence-electron chi connectivity index (χ2n) is 6.08. The first-order valence-electron chi connectivity index (χ1n) is 7.62. The SMILES string of the molecule is COc1ccc(C(=O)NCC2(C)CCCC2)c(OC)c1OC. The van der Waals surface area contributed by atoms with Gasteiger partial charge in [0, 0.05) is 6.54 Å². The third-order valence-electron chi connectivity index (χ3n) is 4.44. The molecule has 122 valence electrons. The van der Waals surface area contributed by atoms with Crippen LogP contribution in [-0.4, -0.2) is 33.8 Å². The predicted molar refractivity (Wildman–Crippen MR) is 85.0 cm³/mol. The lowest BCUT2D eigenvalue weighted by atomic mass is 9.89. The maximum atomic E-state index is 12.5. The van der Waals surface area contributed by atoms with E-state index < -0.39 is 0 Å². The van der Waals surface area contributed by atoms with Gasteiger partial charge in [-0.2, -0.15) is 0 Å². The van der Waals surface area contributed by atoms with E-state index in [0.29, 0.717) is 29.4 Å². The highest BCUT2D eigenvalue weighted by Gasteiger charge is 2.29. The summed E-state index contributed by atoms with van der Waals surface area (Å²) in [5.41, 5.74) is 0.668. The van der Waals surface area contributed by atoms with Crippen LogP contribution in [0.25, 0.3) is 0 Å². The van der Waals surface area contributed by atoms with Crippen molar-refractivity contribution in [2.45, 2.75) is 32.6 Å². The van der Waals surface area contributed by atoms with Crippen LogP contribution < -0.4 is 19.5 Å². The van der Waals surface area contributed by atoms with Gasteiger partial charge in [-0.15, -0.1) is 0 Å². The number of carbonyl (C=O) groups excluding carboxylic acids is 1. The molecule has 2 rings (SSSR count). The molecule has 0 atom stereocenters. The van der Waals surface area contributed by atoms with Crippen molar-refractivity contribution < 1.29 is 19.0 Å². The average molecular weight is 307 g/mol. The van der Waals surface area contributed by atoms with Gasteiger partial charge in [-0.1, -0.05) is 19.8 Å². The predicted octanol–water partition coefficient (Wildman–Crippen LogP) is 3.02. The molecule has 5 heteroatoms. The number of benzene rings is 1. The van der Waals surface area contributed by atoms with E-state index in [0.717, 1.165) is 12.8 Å². The summed E-state index contributed by atoms with van der Waals surface area (Å²) in [4.78, 5) is 12.5. The second kappa shape index (κ2) is 6.90. The molecule has 1 aromatic carbocycles. The smallest absolute Gasteiger partial charge is 0.255 e. The second-order valence-corrected chi connectivity index (χ2v) is 6.08. The first-order valence-corrected chi connectivity index (χ1v) is 7.62. The summed E-state index contributed by atoms with van der Waals surface area (Å²) in [6.07, 6.45) is 4.81. The highest BCUT2D eigenvalue weighted by atomic mass is 16.5. The van der Waals surface area contributed by atoms with Crippen molar-refractivity contribution in [2.24, 2.45) is 5.41 Å². The Morgan fingerprint density at radius 3 is 2.27 bits per heavy atom. The molecule has 5 nitrogen and oxygen atoms in total. The molecule has 1 aliphatic carbocycles. The molecule has 1 aromatic rings. The molecule has 0 aromatic heterocycles. The van der Waals surface area contributed by atoms with Crippen LogP contribution in [0.2, 0.25) is 0 Å². The number of amides is 1. The molecule has 1 amide bonds. The van der Waals surface area contributed by atoms with Crippen LogP contribution in [0.4, 0.5) is 0 Å². The summed E-state index contributed by atoms with van der Waals surface area (Å²) in [7, 11) is 4.60. The highest BCUT2D eigenvalue weighted by molar-refractivity contribution is 5.98. The van der Waals surface area contributed by atoms with Crippen LogP contribution in [0.1, 0.15) is 43.0 Å². The monoisotopic (exact) mass is 307 g/mol. The number of nitrogens with one attached hydrogen (secondary N) is 1. The van der Waals surface area contributed by atoms with Crippen LogP contribution in [0, 0.1) is 5.41 Å². The maximum Gasteiger partial charge on any atom is 0.255 e. The van der Waals surface area contributed by atoms with Crippen LogP contribution >= 0.6 is 0 Å². The molecule has 0 unspecified atom stereocenters. The van der Waals surface area contributed by atoms with Crippen molar-refractivity contribution in [3.63, 3.8) is 0 Å². The lowest BCUT2D eigenvalue weighted by molar-refractivity contribution is 0.0930. The van der Waals surface area contributed by atoms with Gasteiger partial charge in [-0.3, -0.25) is 4.79 Å². The molecule has 0 saturated heterocycles. The Kier molecular flexibility index (Phi) is 5.16. The summed E-state index contributed by atoms with van der Waals surface area (Å²) in [6.45, 7) is 2.91.